The van der Waals surface area contributed by atoms with Crippen molar-refractivity contribution in [3.05, 3.63) is 78.5 Å². The fourth-order valence-electron chi connectivity index (χ4n) is 4.53. The summed E-state index contributed by atoms with van der Waals surface area (Å²) in [5.41, 5.74) is 1.57. The number of esters is 2. The fourth-order valence-corrected chi connectivity index (χ4v) is 5.58. The zero-order valence-electron chi connectivity index (χ0n) is 24.0. The molecule has 1 aliphatic rings. The van der Waals surface area contributed by atoms with E-state index in [1.807, 2.05) is 38.1 Å². The molecule has 0 bridgehead atoms. The number of carbonyl (C=O) groups excluding carboxylic acids is 2. The molecular formula is C30H32N2O8S. The molecule has 3 aromatic rings. The lowest BCUT2D eigenvalue weighted by atomic mass is 9.95. The van der Waals surface area contributed by atoms with E-state index in [-0.39, 0.29) is 41.1 Å². The molecule has 0 unspecified atom stereocenters. The Morgan fingerprint density at radius 3 is 2.34 bits per heavy atom. The molecule has 11 heteroatoms. The Labute approximate surface area is 241 Å². The van der Waals surface area contributed by atoms with Crippen molar-refractivity contribution in [3.63, 3.8) is 0 Å². The SMILES string of the molecule is CCOC(=O)C1=C(C)N=c2s/c(=C\c3cc(OC)c(OC(C)=O)c(OC)c3)c(=O)n2[C@@H]1c1ccccc1OC(C)C. The second-order valence-electron chi connectivity index (χ2n) is 9.35. The lowest BCUT2D eigenvalue weighted by molar-refractivity contribution is -0.139. The normalized spacial score (nSPS) is 14.8. The predicted molar refractivity (Wildman–Crippen MR) is 153 cm³/mol. The molecule has 0 amide bonds. The van der Waals surface area contributed by atoms with Crippen LogP contribution in [-0.4, -0.2) is 43.4 Å². The van der Waals surface area contributed by atoms with E-state index in [9.17, 15) is 14.4 Å². The van der Waals surface area contributed by atoms with Gasteiger partial charge in [0.25, 0.3) is 5.56 Å². The number of thiazole rings is 1. The average Bonchev–Trinajstić information content (AvgIpc) is 3.22. The summed E-state index contributed by atoms with van der Waals surface area (Å²) in [6.45, 7) is 8.72. The molecule has 216 valence electrons. The van der Waals surface area contributed by atoms with Gasteiger partial charge in [0.2, 0.25) is 5.75 Å². The molecule has 2 heterocycles. The number of nitrogens with zero attached hydrogens (tertiary/aromatic N) is 2. The van der Waals surface area contributed by atoms with Crippen molar-refractivity contribution in [3.8, 4) is 23.0 Å². The molecule has 0 saturated carbocycles. The van der Waals surface area contributed by atoms with Crippen molar-refractivity contribution in [1.29, 1.82) is 0 Å². The van der Waals surface area contributed by atoms with E-state index >= 15 is 0 Å². The van der Waals surface area contributed by atoms with E-state index in [4.69, 9.17) is 23.7 Å². The Morgan fingerprint density at radius 1 is 1.10 bits per heavy atom. The third-order valence-corrected chi connectivity index (χ3v) is 7.10. The van der Waals surface area contributed by atoms with Crippen molar-refractivity contribution in [2.24, 2.45) is 4.99 Å². The second kappa shape index (κ2) is 12.4. The van der Waals surface area contributed by atoms with Crippen LogP contribution in [0, 0.1) is 0 Å². The van der Waals surface area contributed by atoms with Crippen LogP contribution < -0.4 is 33.8 Å². The first-order valence-electron chi connectivity index (χ1n) is 13.0. The highest BCUT2D eigenvalue weighted by Gasteiger charge is 2.35. The highest BCUT2D eigenvalue weighted by atomic mass is 32.1. The first-order chi connectivity index (χ1) is 19.6. The quantitative estimate of drug-likeness (QED) is 0.279. The highest BCUT2D eigenvalue weighted by molar-refractivity contribution is 7.07. The predicted octanol–water partition coefficient (Wildman–Crippen LogP) is 3.53. The second-order valence-corrected chi connectivity index (χ2v) is 10.4. The number of allylic oxidation sites excluding steroid dienone is 1. The molecule has 1 atom stereocenters. The number of rotatable bonds is 9. The van der Waals surface area contributed by atoms with E-state index < -0.39 is 18.0 Å². The molecule has 0 spiro atoms. The Bertz CT molecular complexity index is 1670. The number of hydrogen-bond acceptors (Lipinski definition) is 10. The maximum absolute atomic E-state index is 14.0. The summed E-state index contributed by atoms with van der Waals surface area (Å²) in [4.78, 5) is 43.9. The third-order valence-electron chi connectivity index (χ3n) is 6.12. The number of carbonyl (C=O) groups is 2. The van der Waals surface area contributed by atoms with Crippen molar-refractivity contribution in [1.82, 2.24) is 4.57 Å². The van der Waals surface area contributed by atoms with Gasteiger partial charge < -0.3 is 23.7 Å². The molecule has 0 N–H and O–H groups in total. The molecule has 0 radical (unpaired) electrons. The summed E-state index contributed by atoms with van der Waals surface area (Å²) in [5, 5.41) is 0. The van der Waals surface area contributed by atoms with Crippen LogP contribution in [0.25, 0.3) is 6.08 Å². The summed E-state index contributed by atoms with van der Waals surface area (Å²) in [7, 11) is 2.88. The Hall–Kier alpha value is -4.38. The molecular weight excluding hydrogens is 548 g/mol. The van der Waals surface area contributed by atoms with E-state index in [0.717, 1.165) is 0 Å². The van der Waals surface area contributed by atoms with Gasteiger partial charge in [0.1, 0.15) is 11.8 Å². The average molecular weight is 581 g/mol. The van der Waals surface area contributed by atoms with Gasteiger partial charge in [0.15, 0.2) is 16.3 Å². The van der Waals surface area contributed by atoms with Gasteiger partial charge in [0.05, 0.1) is 42.7 Å². The molecule has 0 fully saturated rings. The molecule has 10 nitrogen and oxygen atoms in total. The lowest BCUT2D eigenvalue weighted by Gasteiger charge is -2.26. The summed E-state index contributed by atoms with van der Waals surface area (Å²) < 4.78 is 29.5. The van der Waals surface area contributed by atoms with E-state index in [1.165, 1.54) is 37.0 Å². The summed E-state index contributed by atoms with van der Waals surface area (Å²) >= 11 is 1.18. The first kappa shape index (κ1) is 29.6. The third kappa shape index (κ3) is 6.04. The molecule has 2 aromatic carbocycles. The monoisotopic (exact) mass is 580 g/mol. The summed E-state index contributed by atoms with van der Waals surface area (Å²) in [6.07, 6.45) is 1.53. The Kier molecular flexibility index (Phi) is 8.97. The van der Waals surface area contributed by atoms with Crippen LogP contribution in [0.3, 0.4) is 0 Å². The molecule has 41 heavy (non-hydrogen) atoms. The standard InChI is InChI=1S/C30H32N2O8S/c1-8-38-29(35)25-17(4)31-30-32(26(25)20-11-9-10-12-21(20)39-16(2)3)28(34)24(41-30)15-19-13-22(36-6)27(40-18(5)33)23(14-19)37-7/h9-16,26H,8H2,1-7H3/b24-15-/t26-/m1/s1. The van der Waals surface area contributed by atoms with Crippen LogP contribution in [0.1, 0.15) is 51.8 Å². The van der Waals surface area contributed by atoms with Crippen LogP contribution in [0.4, 0.5) is 0 Å². The molecule has 4 rings (SSSR count). The van der Waals surface area contributed by atoms with Gasteiger partial charge in [-0.05, 0) is 57.5 Å². The van der Waals surface area contributed by atoms with Crippen LogP contribution in [0.15, 0.2) is 57.5 Å². The van der Waals surface area contributed by atoms with Gasteiger partial charge in [-0.2, -0.15) is 0 Å². The minimum atomic E-state index is -0.821. The van der Waals surface area contributed by atoms with Gasteiger partial charge in [-0.3, -0.25) is 14.2 Å². The van der Waals surface area contributed by atoms with Crippen LogP contribution in [-0.2, 0) is 14.3 Å². The van der Waals surface area contributed by atoms with E-state index in [0.29, 0.717) is 31.9 Å². The van der Waals surface area contributed by atoms with E-state index in [2.05, 4.69) is 4.99 Å². The number of benzene rings is 2. The number of fused-ring (bicyclic) bond motifs is 1. The molecule has 1 aromatic heterocycles. The highest BCUT2D eigenvalue weighted by Crippen LogP contribution is 2.39. The van der Waals surface area contributed by atoms with Gasteiger partial charge in [-0.25, -0.2) is 9.79 Å². The number of hydrogen-bond donors (Lipinski definition) is 0. The van der Waals surface area contributed by atoms with Gasteiger partial charge in [-0.15, -0.1) is 0 Å². The van der Waals surface area contributed by atoms with Crippen molar-refractivity contribution in [2.75, 3.05) is 20.8 Å². The Balaban J connectivity index is 1.96. The maximum atomic E-state index is 14.0. The smallest absolute Gasteiger partial charge is 0.338 e. The van der Waals surface area contributed by atoms with E-state index in [1.54, 1.807) is 32.1 Å². The Morgan fingerprint density at radius 2 is 1.76 bits per heavy atom. The number of aromatic nitrogens is 1. The summed E-state index contributed by atoms with van der Waals surface area (Å²) in [5.74, 6) is 0.125. The minimum Gasteiger partial charge on any atom is -0.493 e. The van der Waals surface area contributed by atoms with Crippen LogP contribution in [0.5, 0.6) is 23.0 Å². The van der Waals surface area contributed by atoms with Crippen molar-refractivity contribution < 1.29 is 33.3 Å². The van der Waals surface area contributed by atoms with Gasteiger partial charge in [-0.1, -0.05) is 29.5 Å². The first-order valence-corrected chi connectivity index (χ1v) is 13.8. The zero-order valence-corrected chi connectivity index (χ0v) is 24.8. The lowest BCUT2D eigenvalue weighted by Crippen LogP contribution is -2.40. The topological polar surface area (TPSA) is 115 Å². The number of ether oxygens (including phenoxy) is 5. The van der Waals surface area contributed by atoms with Gasteiger partial charge in [0, 0.05) is 12.5 Å². The fraction of sp³-hybridized carbons (Fsp3) is 0.333. The largest absolute Gasteiger partial charge is 0.493 e. The molecule has 0 aliphatic carbocycles. The van der Waals surface area contributed by atoms with Gasteiger partial charge >= 0.3 is 11.9 Å². The summed E-state index contributed by atoms with van der Waals surface area (Å²) in [6, 6.07) is 9.77. The van der Waals surface area contributed by atoms with Crippen molar-refractivity contribution >= 4 is 29.4 Å². The van der Waals surface area contributed by atoms with Crippen molar-refractivity contribution in [2.45, 2.75) is 46.8 Å². The number of methoxy groups -OCH3 is 2. The van der Waals surface area contributed by atoms with Crippen LogP contribution >= 0.6 is 11.3 Å². The minimum absolute atomic E-state index is 0.136. The maximum Gasteiger partial charge on any atom is 0.338 e. The molecule has 0 saturated heterocycles. The van der Waals surface area contributed by atoms with Crippen LogP contribution in [0.2, 0.25) is 0 Å². The number of para-hydroxylation sites is 1. The molecule has 1 aliphatic heterocycles. The zero-order chi connectivity index (χ0) is 29.8.